The number of aromatic amines is 2. The molecule has 0 radical (unpaired) electrons. The van der Waals surface area contributed by atoms with Gasteiger partial charge in [-0.1, -0.05) is 24.9 Å². The molecule has 3 N–H and O–H groups in total. The zero-order valence-electron chi connectivity index (χ0n) is 35.0. The topological polar surface area (TPSA) is 219 Å². The second-order valence-electron chi connectivity index (χ2n) is 16.3. The van der Waals surface area contributed by atoms with Crippen LogP contribution in [0, 0.1) is 25.6 Å². The average Bonchev–Trinajstić information content (AvgIpc) is 4.05. The molecule has 0 amide bonds. The number of rotatable bonds is 11. The van der Waals surface area contributed by atoms with Gasteiger partial charge in [-0.2, -0.15) is 10.2 Å². The smallest absolute Gasteiger partial charge is 0.358 e. The summed E-state index contributed by atoms with van der Waals surface area (Å²) < 4.78 is 37.4. The number of pyridine rings is 3. The lowest BCUT2D eigenvalue weighted by Crippen LogP contribution is -2.28. The number of carboxylic acid groups (broad SMARTS) is 1. The molecule has 0 aromatic carbocycles. The number of H-pyrrole nitrogens is 2. The standard InChI is InChI=1S/C31H39FN8O4Si.C10H8N4O2/c1-18-21(27-19(2)35-37-38(27)3)16-34-24-26(18)40(28(20-9-12-43-13-10-20)23-22(32)8-7-11-33-23)30-25(31(41)42)36-39(29(24)30)17-44-14-15-45(4,5)6;1-16-10(15)9-7-8(13-14-9)6-5(12-7)3-2-4-11-6/h7-8,11,16,20,28H,9-10,12-15,17H2,1-6H3,(H,41,42);2-4,12H,1H3,(H,13,14)/t28-;/m0./s1. The normalized spacial score (nSPS) is 14.2. The number of carbonyl (C=O) groups excluding carboxylic acids is 1. The molecule has 8 aromatic rings. The van der Waals surface area contributed by atoms with Crippen LogP contribution in [0.3, 0.4) is 0 Å². The van der Waals surface area contributed by atoms with Crippen LogP contribution in [0.1, 0.15) is 56.8 Å². The van der Waals surface area contributed by atoms with E-state index < -0.39 is 31.9 Å². The number of fused-ring (bicyclic) bond motifs is 6. The van der Waals surface area contributed by atoms with Crippen molar-refractivity contribution in [2.45, 2.75) is 65.1 Å². The van der Waals surface area contributed by atoms with Crippen molar-refractivity contribution < 1.29 is 33.3 Å². The number of ether oxygens (including phenoxy) is 3. The highest BCUT2D eigenvalue weighted by atomic mass is 28.3. The highest BCUT2D eigenvalue weighted by Gasteiger charge is 2.37. The minimum atomic E-state index is -1.36. The van der Waals surface area contributed by atoms with E-state index in [0.29, 0.717) is 71.5 Å². The van der Waals surface area contributed by atoms with Gasteiger partial charge in [0.2, 0.25) is 0 Å². The molecule has 0 spiro atoms. The molecule has 0 saturated carbocycles. The number of hydrogen-bond acceptors (Lipinski definition) is 12. The van der Waals surface area contributed by atoms with Gasteiger partial charge in [-0.3, -0.25) is 20.1 Å². The van der Waals surface area contributed by atoms with E-state index in [0.717, 1.165) is 39.6 Å². The Labute approximate surface area is 349 Å². The predicted molar refractivity (Wildman–Crippen MR) is 227 cm³/mol. The number of halogens is 1. The van der Waals surface area contributed by atoms with Gasteiger partial charge in [0.1, 0.15) is 45.6 Å². The van der Waals surface area contributed by atoms with Gasteiger partial charge >= 0.3 is 11.9 Å². The molecule has 1 fully saturated rings. The first kappa shape index (κ1) is 41.4. The van der Waals surface area contributed by atoms with Crippen LogP contribution in [0.15, 0.2) is 42.9 Å². The number of nitrogens with one attached hydrogen (secondary N) is 2. The van der Waals surface area contributed by atoms with Gasteiger partial charge in [0.15, 0.2) is 11.4 Å². The maximum absolute atomic E-state index is 15.8. The van der Waals surface area contributed by atoms with E-state index >= 15 is 4.39 Å². The molecular weight excluding hydrogens is 804 g/mol. The lowest BCUT2D eigenvalue weighted by molar-refractivity contribution is 0.0541. The van der Waals surface area contributed by atoms with E-state index in [9.17, 15) is 14.7 Å². The molecule has 18 nitrogen and oxygen atoms in total. The van der Waals surface area contributed by atoms with Gasteiger partial charge < -0.3 is 28.9 Å². The number of esters is 1. The number of nitrogens with zero attached hydrogens (tertiary/aromatic N) is 10. The Balaban J connectivity index is 0.000000266. The number of aromatic nitrogens is 12. The fraction of sp³-hybridized carbons (Fsp3) is 0.390. The predicted octanol–water partition coefficient (Wildman–Crippen LogP) is 6.58. The van der Waals surface area contributed by atoms with Crippen LogP contribution in [0.5, 0.6) is 0 Å². The molecule has 0 unspecified atom stereocenters. The van der Waals surface area contributed by atoms with E-state index in [4.69, 9.17) is 14.5 Å². The van der Waals surface area contributed by atoms with Crippen molar-refractivity contribution in [2.75, 3.05) is 26.9 Å². The first-order chi connectivity index (χ1) is 29.3. The molecule has 0 aliphatic carbocycles. The summed E-state index contributed by atoms with van der Waals surface area (Å²) in [5.41, 5.74) is 8.54. The summed E-state index contributed by atoms with van der Waals surface area (Å²) in [6.07, 6.45) is 6.32. The fourth-order valence-electron chi connectivity index (χ4n) is 8.12. The maximum atomic E-state index is 15.8. The van der Waals surface area contributed by atoms with Gasteiger partial charge in [0.25, 0.3) is 0 Å². The number of carbonyl (C=O) groups is 2. The Morgan fingerprint density at radius 3 is 2.48 bits per heavy atom. The lowest BCUT2D eigenvalue weighted by Gasteiger charge is -2.32. The molecule has 1 atom stereocenters. The molecule has 1 aliphatic heterocycles. The molecule has 1 saturated heterocycles. The zero-order chi connectivity index (χ0) is 43.2. The molecule has 20 heteroatoms. The molecule has 9 rings (SSSR count). The Kier molecular flexibility index (Phi) is 11.2. The van der Waals surface area contributed by atoms with E-state index in [1.165, 1.54) is 13.2 Å². The third-order valence-corrected chi connectivity index (χ3v) is 12.8. The van der Waals surface area contributed by atoms with Gasteiger partial charge in [-0.15, -0.1) is 5.10 Å². The lowest BCUT2D eigenvalue weighted by atomic mass is 9.88. The van der Waals surface area contributed by atoms with Gasteiger partial charge in [-0.05, 0) is 68.5 Å². The molecule has 9 heterocycles. The second-order valence-corrected chi connectivity index (χ2v) is 21.9. The van der Waals surface area contributed by atoms with E-state index in [2.05, 4.69) is 64.9 Å². The summed E-state index contributed by atoms with van der Waals surface area (Å²) >= 11 is 0. The van der Waals surface area contributed by atoms with Gasteiger partial charge in [0.05, 0.1) is 41.3 Å². The third-order valence-electron chi connectivity index (χ3n) is 11.1. The Bertz CT molecular complexity index is 2900. The molecule has 61 heavy (non-hydrogen) atoms. The summed E-state index contributed by atoms with van der Waals surface area (Å²) in [6, 6.07) is 6.95. The third kappa shape index (κ3) is 7.65. The Morgan fingerprint density at radius 2 is 1.79 bits per heavy atom. The largest absolute Gasteiger partial charge is 0.476 e. The number of methoxy groups -OCH3 is 1. The van der Waals surface area contributed by atoms with E-state index in [-0.39, 0.29) is 24.0 Å². The Hall–Kier alpha value is -6.38. The monoisotopic (exact) mass is 850 g/mol. The van der Waals surface area contributed by atoms with Gasteiger partial charge in [0, 0.05) is 59.1 Å². The quantitative estimate of drug-likeness (QED) is 0.0712. The summed E-state index contributed by atoms with van der Waals surface area (Å²) in [5, 5.41) is 30.2. The first-order valence-electron chi connectivity index (χ1n) is 19.9. The van der Waals surface area contributed by atoms with Crippen LogP contribution in [-0.2, 0) is 28.0 Å². The molecule has 1 aliphatic rings. The molecule has 318 valence electrons. The molecule has 0 bridgehead atoms. The van der Waals surface area contributed by atoms with E-state index in [1.807, 2.05) is 37.6 Å². The van der Waals surface area contributed by atoms with Crippen LogP contribution in [-0.4, -0.2) is 112 Å². The van der Waals surface area contributed by atoms with Crippen LogP contribution < -0.4 is 0 Å². The van der Waals surface area contributed by atoms with E-state index in [1.54, 1.807) is 34.0 Å². The van der Waals surface area contributed by atoms with Gasteiger partial charge in [-0.25, -0.2) is 23.3 Å². The van der Waals surface area contributed by atoms with Crippen molar-refractivity contribution in [3.63, 3.8) is 0 Å². The minimum Gasteiger partial charge on any atom is -0.476 e. The summed E-state index contributed by atoms with van der Waals surface area (Å²) in [4.78, 5) is 41.1. The first-order valence-corrected chi connectivity index (χ1v) is 23.6. The highest BCUT2D eigenvalue weighted by molar-refractivity contribution is 6.76. The zero-order valence-corrected chi connectivity index (χ0v) is 36.0. The number of aryl methyl sites for hydroxylation is 3. The summed E-state index contributed by atoms with van der Waals surface area (Å²) in [7, 11) is 1.79. The van der Waals surface area contributed by atoms with Crippen molar-refractivity contribution in [1.29, 1.82) is 0 Å². The highest BCUT2D eigenvalue weighted by Crippen LogP contribution is 2.44. The second kappa shape index (κ2) is 16.6. The van der Waals surface area contributed by atoms with Crippen LogP contribution >= 0.6 is 0 Å². The number of aromatic carboxylic acids is 1. The van der Waals surface area contributed by atoms with Crippen LogP contribution in [0.2, 0.25) is 25.7 Å². The van der Waals surface area contributed by atoms with Crippen molar-refractivity contribution in [3.05, 3.63) is 77.0 Å². The average molecular weight is 851 g/mol. The maximum Gasteiger partial charge on any atom is 0.358 e. The summed E-state index contributed by atoms with van der Waals surface area (Å²) in [6.45, 7) is 12.3. The Morgan fingerprint density at radius 1 is 1.03 bits per heavy atom. The number of carboxylic acids is 1. The van der Waals surface area contributed by atoms with Crippen molar-refractivity contribution in [2.24, 2.45) is 13.0 Å². The molecule has 8 aromatic heterocycles. The SMILES string of the molecule is COC(=O)c1[nH]nc2c1[nH]c1cccnc12.Cc1nnn(C)c1-c1cnc2c3c(c(C(=O)O)nn3COCC[Si](C)(C)C)n([C@H](c3ncccc3F)C3CCOCC3)c2c1C. The number of hydrogen-bond donors (Lipinski definition) is 3. The van der Waals surface area contributed by atoms with Crippen molar-refractivity contribution in [1.82, 2.24) is 59.5 Å². The van der Waals surface area contributed by atoms with Crippen molar-refractivity contribution in [3.8, 4) is 11.3 Å². The minimum absolute atomic E-state index is 0.0560. The fourth-order valence-corrected chi connectivity index (χ4v) is 8.88. The summed E-state index contributed by atoms with van der Waals surface area (Å²) in [5.74, 6) is -2.20. The molecular formula is C41H47FN12O6Si. The van der Waals surface area contributed by atoms with Crippen molar-refractivity contribution >= 4 is 64.1 Å². The van der Waals surface area contributed by atoms with Crippen LogP contribution in [0.4, 0.5) is 4.39 Å². The van der Waals surface area contributed by atoms with Crippen LogP contribution in [0.25, 0.3) is 55.4 Å².